The van der Waals surface area contributed by atoms with Crippen molar-refractivity contribution in [1.82, 2.24) is 10.2 Å². The summed E-state index contributed by atoms with van der Waals surface area (Å²) in [5.41, 5.74) is 0. The Balaban J connectivity index is 2.14. The van der Waals surface area contributed by atoms with Gasteiger partial charge < -0.3 is 10.1 Å². The topological polar surface area (TPSA) is 41.6 Å². The SMILES string of the molecule is CCCOC(=O)CN1CCC(NCC)CC1. The monoisotopic (exact) mass is 228 g/mol. The largest absolute Gasteiger partial charge is 0.465 e. The summed E-state index contributed by atoms with van der Waals surface area (Å²) in [5.74, 6) is -0.0799. The van der Waals surface area contributed by atoms with Gasteiger partial charge in [-0.2, -0.15) is 0 Å². The van der Waals surface area contributed by atoms with Gasteiger partial charge in [0.25, 0.3) is 0 Å². The van der Waals surface area contributed by atoms with E-state index in [9.17, 15) is 4.79 Å². The number of hydrogen-bond donors (Lipinski definition) is 1. The van der Waals surface area contributed by atoms with Gasteiger partial charge in [0.15, 0.2) is 0 Å². The summed E-state index contributed by atoms with van der Waals surface area (Å²) in [5, 5.41) is 3.45. The summed E-state index contributed by atoms with van der Waals surface area (Å²) in [6.07, 6.45) is 3.16. The smallest absolute Gasteiger partial charge is 0.320 e. The van der Waals surface area contributed by atoms with Crippen molar-refractivity contribution in [2.75, 3.05) is 32.8 Å². The van der Waals surface area contributed by atoms with Crippen LogP contribution in [0.15, 0.2) is 0 Å². The third kappa shape index (κ3) is 4.94. The molecule has 0 atom stereocenters. The fourth-order valence-electron chi connectivity index (χ4n) is 2.03. The second kappa shape index (κ2) is 7.63. The van der Waals surface area contributed by atoms with Gasteiger partial charge in [-0.1, -0.05) is 13.8 Å². The molecular formula is C12H24N2O2. The third-order valence-corrected chi connectivity index (χ3v) is 2.90. The number of carbonyl (C=O) groups excluding carboxylic acids is 1. The van der Waals surface area contributed by atoms with Crippen LogP contribution in [0.5, 0.6) is 0 Å². The predicted molar refractivity (Wildman–Crippen MR) is 64.4 cm³/mol. The first-order chi connectivity index (χ1) is 7.76. The molecule has 4 heteroatoms. The molecule has 94 valence electrons. The summed E-state index contributed by atoms with van der Waals surface area (Å²) in [6, 6.07) is 0.632. The molecule has 16 heavy (non-hydrogen) atoms. The Bertz CT molecular complexity index is 201. The van der Waals surface area contributed by atoms with Crippen molar-refractivity contribution in [3.8, 4) is 0 Å². The van der Waals surface area contributed by atoms with Gasteiger partial charge in [0.2, 0.25) is 0 Å². The molecule has 1 heterocycles. The molecule has 1 aliphatic heterocycles. The summed E-state index contributed by atoms with van der Waals surface area (Å²) >= 11 is 0. The highest BCUT2D eigenvalue weighted by Gasteiger charge is 2.20. The Morgan fingerprint density at radius 3 is 2.62 bits per heavy atom. The first kappa shape index (κ1) is 13.5. The van der Waals surface area contributed by atoms with Crippen LogP contribution in [0, 0.1) is 0 Å². The Kier molecular flexibility index (Phi) is 6.42. The van der Waals surface area contributed by atoms with Gasteiger partial charge in [-0.15, -0.1) is 0 Å². The minimum Gasteiger partial charge on any atom is -0.465 e. The van der Waals surface area contributed by atoms with E-state index in [2.05, 4.69) is 17.1 Å². The lowest BCUT2D eigenvalue weighted by molar-refractivity contribution is -0.145. The van der Waals surface area contributed by atoms with Gasteiger partial charge >= 0.3 is 5.97 Å². The maximum atomic E-state index is 11.4. The number of ether oxygens (including phenoxy) is 1. The van der Waals surface area contributed by atoms with Gasteiger partial charge in [0, 0.05) is 19.1 Å². The average molecular weight is 228 g/mol. The van der Waals surface area contributed by atoms with Gasteiger partial charge in [0.05, 0.1) is 13.2 Å². The molecule has 0 bridgehead atoms. The van der Waals surface area contributed by atoms with E-state index in [1.165, 1.54) is 0 Å². The maximum Gasteiger partial charge on any atom is 0.320 e. The Morgan fingerprint density at radius 1 is 1.38 bits per heavy atom. The number of esters is 1. The molecule has 0 unspecified atom stereocenters. The number of carbonyl (C=O) groups is 1. The van der Waals surface area contributed by atoms with Crippen molar-refractivity contribution in [1.29, 1.82) is 0 Å². The van der Waals surface area contributed by atoms with E-state index in [1.807, 2.05) is 6.92 Å². The van der Waals surface area contributed by atoms with Crippen molar-refractivity contribution >= 4 is 5.97 Å². The Hall–Kier alpha value is -0.610. The number of piperidine rings is 1. The number of nitrogens with one attached hydrogen (secondary N) is 1. The lowest BCUT2D eigenvalue weighted by atomic mass is 10.1. The fraction of sp³-hybridized carbons (Fsp3) is 0.917. The van der Waals surface area contributed by atoms with Crippen LogP contribution in [0.4, 0.5) is 0 Å². The highest BCUT2D eigenvalue weighted by atomic mass is 16.5. The summed E-state index contributed by atoms with van der Waals surface area (Å²) in [6.45, 7) is 8.18. The lowest BCUT2D eigenvalue weighted by Gasteiger charge is -2.31. The molecule has 4 nitrogen and oxygen atoms in total. The average Bonchev–Trinajstić information content (AvgIpc) is 2.29. The van der Waals surface area contributed by atoms with E-state index in [1.54, 1.807) is 0 Å². The van der Waals surface area contributed by atoms with Crippen molar-refractivity contribution in [2.24, 2.45) is 0 Å². The normalized spacial score (nSPS) is 18.6. The van der Waals surface area contributed by atoms with Gasteiger partial charge in [0.1, 0.15) is 0 Å². The second-order valence-electron chi connectivity index (χ2n) is 4.33. The van der Waals surface area contributed by atoms with Crippen molar-refractivity contribution in [3.05, 3.63) is 0 Å². The van der Waals surface area contributed by atoms with Crippen LogP contribution in [0.1, 0.15) is 33.1 Å². The molecule has 0 aliphatic carbocycles. The van der Waals surface area contributed by atoms with E-state index in [-0.39, 0.29) is 5.97 Å². The van der Waals surface area contributed by atoms with Crippen LogP contribution in [0.3, 0.4) is 0 Å². The van der Waals surface area contributed by atoms with Crippen LogP contribution in [0.25, 0.3) is 0 Å². The molecule has 0 aromatic heterocycles. The van der Waals surface area contributed by atoms with Crippen LogP contribution >= 0.6 is 0 Å². The first-order valence-corrected chi connectivity index (χ1v) is 6.37. The number of likely N-dealkylation sites (tertiary alicyclic amines) is 1. The minimum atomic E-state index is -0.0799. The zero-order valence-electron chi connectivity index (χ0n) is 10.5. The Morgan fingerprint density at radius 2 is 2.06 bits per heavy atom. The fourth-order valence-corrected chi connectivity index (χ4v) is 2.03. The molecule has 1 fully saturated rings. The standard InChI is InChI=1S/C12H24N2O2/c1-3-9-16-12(15)10-14-7-5-11(6-8-14)13-4-2/h11,13H,3-10H2,1-2H3. The summed E-state index contributed by atoms with van der Waals surface area (Å²) in [4.78, 5) is 13.6. The van der Waals surface area contributed by atoms with Gasteiger partial charge in [-0.3, -0.25) is 9.69 Å². The minimum absolute atomic E-state index is 0.0799. The van der Waals surface area contributed by atoms with Crippen molar-refractivity contribution < 1.29 is 9.53 Å². The molecule has 1 aliphatic rings. The third-order valence-electron chi connectivity index (χ3n) is 2.90. The lowest BCUT2D eigenvalue weighted by Crippen LogP contribution is -2.44. The zero-order valence-corrected chi connectivity index (χ0v) is 10.5. The van der Waals surface area contributed by atoms with E-state index in [0.717, 1.165) is 38.9 Å². The van der Waals surface area contributed by atoms with E-state index in [4.69, 9.17) is 4.74 Å². The van der Waals surface area contributed by atoms with Crippen LogP contribution < -0.4 is 5.32 Å². The molecule has 1 N–H and O–H groups in total. The molecule has 1 saturated heterocycles. The molecule has 0 aromatic rings. The van der Waals surface area contributed by atoms with Gasteiger partial charge in [-0.25, -0.2) is 0 Å². The second-order valence-corrected chi connectivity index (χ2v) is 4.33. The molecular weight excluding hydrogens is 204 g/mol. The Labute approximate surface area is 98.3 Å². The number of rotatable bonds is 6. The van der Waals surface area contributed by atoms with Gasteiger partial charge in [-0.05, 0) is 25.8 Å². The molecule has 0 saturated carbocycles. The first-order valence-electron chi connectivity index (χ1n) is 6.37. The van der Waals surface area contributed by atoms with E-state index < -0.39 is 0 Å². The van der Waals surface area contributed by atoms with Crippen LogP contribution in [0.2, 0.25) is 0 Å². The highest BCUT2D eigenvalue weighted by molar-refractivity contribution is 5.71. The number of nitrogens with zero attached hydrogens (tertiary/aromatic N) is 1. The quantitative estimate of drug-likeness (QED) is 0.689. The molecule has 0 radical (unpaired) electrons. The van der Waals surface area contributed by atoms with E-state index in [0.29, 0.717) is 19.2 Å². The molecule has 0 amide bonds. The van der Waals surface area contributed by atoms with Crippen molar-refractivity contribution in [3.63, 3.8) is 0 Å². The van der Waals surface area contributed by atoms with Crippen molar-refractivity contribution in [2.45, 2.75) is 39.2 Å². The van der Waals surface area contributed by atoms with Crippen LogP contribution in [-0.2, 0) is 9.53 Å². The summed E-state index contributed by atoms with van der Waals surface area (Å²) in [7, 11) is 0. The maximum absolute atomic E-state index is 11.4. The summed E-state index contributed by atoms with van der Waals surface area (Å²) < 4.78 is 5.07. The number of hydrogen-bond acceptors (Lipinski definition) is 4. The molecule has 0 aromatic carbocycles. The highest BCUT2D eigenvalue weighted by Crippen LogP contribution is 2.09. The molecule has 1 rings (SSSR count). The predicted octanol–water partition coefficient (Wildman–Crippen LogP) is 1.01. The zero-order chi connectivity index (χ0) is 11.8. The molecule has 0 spiro atoms. The van der Waals surface area contributed by atoms with E-state index >= 15 is 0 Å². The van der Waals surface area contributed by atoms with Crippen LogP contribution in [-0.4, -0.2) is 49.7 Å².